The Labute approximate surface area is 128 Å². The van der Waals surface area contributed by atoms with E-state index in [2.05, 4.69) is 41.9 Å². The topological polar surface area (TPSA) is 26.3 Å². The van der Waals surface area contributed by atoms with E-state index in [0.717, 1.165) is 36.1 Å². The van der Waals surface area contributed by atoms with Gasteiger partial charge in [0.25, 0.3) is 0 Å². The highest BCUT2D eigenvalue weighted by Gasteiger charge is 2.28. The molecule has 0 spiro atoms. The second-order valence-corrected chi connectivity index (χ2v) is 7.53. The summed E-state index contributed by atoms with van der Waals surface area (Å²) in [6, 6.07) is 4.26. The standard InChI is InChI=1S/C17H19BrO2/c1-17(2)9-11(6-15(19)10-17)5-13-8-14(18)7-12-3-4-20-16(12)13/h6-8H,3-5,9-10H2,1-2H3. The zero-order valence-electron chi connectivity index (χ0n) is 12.0. The van der Waals surface area contributed by atoms with E-state index in [4.69, 9.17) is 4.74 Å². The van der Waals surface area contributed by atoms with Gasteiger partial charge in [-0.2, -0.15) is 0 Å². The third-order valence-corrected chi connectivity index (χ3v) is 4.42. The molecule has 0 aromatic heterocycles. The van der Waals surface area contributed by atoms with Gasteiger partial charge < -0.3 is 4.74 Å². The molecule has 0 saturated heterocycles. The molecule has 2 nitrogen and oxygen atoms in total. The quantitative estimate of drug-likeness (QED) is 0.808. The summed E-state index contributed by atoms with van der Waals surface area (Å²) in [6.07, 6.45) is 5.28. The summed E-state index contributed by atoms with van der Waals surface area (Å²) >= 11 is 3.57. The summed E-state index contributed by atoms with van der Waals surface area (Å²) in [7, 11) is 0. The fourth-order valence-corrected chi connectivity index (χ4v) is 3.87. The third-order valence-electron chi connectivity index (χ3n) is 3.97. The van der Waals surface area contributed by atoms with Crippen LogP contribution in [0.1, 0.15) is 37.8 Å². The Morgan fingerprint density at radius 3 is 2.85 bits per heavy atom. The molecule has 3 heteroatoms. The van der Waals surface area contributed by atoms with Gasteiger partial charge in [0.1, 0.15) is 5.75 Å². The summed E-state index contributed by atoms with van der Waals surface area (Å²) in [4.78, 5) is 11.9. The molecule has 0 fully saturated rings. The molecule has 0 amide bonds. The van der Waals surface area contributed by atoms with Crippen molar-refractivity contribution in [1.82, 2.24) is 0 Å². The van der Waals surface area contributed by atoms with Crippen LogP contribution in [0, 0.1) is 5.41 Å². The van der Waals surface area contributed by atoms with E-state index in [1.54, 1.807) is 0 Å². The van der Waals surface area contributed by atoms with Crippen LogP contribution in [0.3, 0.4) is 0 Å². The number of hydrogen-bond acceptors (Lipinski definition) is 2. The Balaban J connectivity index is 1.91. The highest BCUT2D eigenvalue weighted by molar-refractivity contribution is 9.10. The van der Waals surface area contributed by atoms with E-state index >= 15 is 0 Å². The summed E-state index contributed by atoms with van der Waals surface area (Å²) in [5.74, 6) is 1.29. The van der Waals surface area contributed by atoms with Crippen LogP contribution in [0.4, 0.5) is 0 Å². The molecule has 106 valence electrons. The first-order valence-corrected chi connectivity index (χ1v) is 7.89. The zero-order chi connectivity index (χ0) is 14.3. The van der Waals surface area contributed by atoms with Gasteiger partial charge in [-0.05, 0) is 47.6 Å². The maximum atomic E-state index is 11.9. The van der Waals surface area contributed by atoms with Crippen molar-refractivity contribution in [3.63, 3.8) is 0 Å². The minimum absolute atomic E-state index is 0.0806. The van der Waals surface area contributed by atoms with Crippen LogP contribution in [0.25, 0.3) is 0 Å². The molecule has 0 radical (unpaired) electrons. The molecule has 1 aliphatic carbocycles. The van der Waals surface area contributed by atoms with Gasteiger partial charge in [-0.25, -0.2) is 0 Å². The maximum absolute atomic E-state index is 11.9. The molecule has 20 heavy (non-hydrogen) atoms. The molecule has 0 saturated carbocycles. The third kappa shape index (κ3) is 2.83. The average Bonchev–Trinajstić information content (AvgIpc) is 2.73. The van der Waals surface area contributed by atoms with Crippen molar-refractivity contribution in [3.05, 3.63) is 39.4 Å². The monoisotopic (exact) mass is 334 g/mol. The van der Waals surface area contributed by atoms with Crippen molar-refractivity contribution in [2.45, 2.75) is 39.5 Å². The number of benzene rings is 1. The Kier molecular flexibility index (Phi) is 3.49. The van der Waals surface area contributed by atoms with Crippen LogP contribution in [-0.4, -0.2) is 12.4 Å². The first-order valence-electron chi connectivity index (χ1n) is 7.09. The lowest BCUT2D eigenvalue weighted by atomic mass is 9.75. The number of carbonyl (C=O) groups is 1. The predicted octanol–water partition coefficient (Wildman–Crippen LogP) is 4.24. The molecule has 1 aromatic rings. The largest absolute Gasteiger partial charge is 0.493 e. The van der Waals surface area contributed by atoms with Gasteiger partial charge in [0, 0.05) is 17.3 Å². The summed E-state index contributed by atoms with van der Waals surface area (Å²) < 4.78 is 6.87. The van der Waals surface area contributed by atoms with Gasteiger partial charge in [0.15, 0.2) is 5.78 Å². The first-order chi connectivity index (χ1) is 9.43. The Morgan fingerprint density at radius 1 is 1.30 bits per heavy atom. The SMILES string of the molecule is CC1(C)CC(=O)C=C(Cc2cc(Br)cc3c2OCC3)C1. The molecule has 1 aliphatic heterocycles. The highest BCUT2D eigenvalue weighted by atomic mass is 79.9. The average molecular weight is 335 g/mol. The lowest BCUT2D eigenvalue weighted by Crippen LogP contribution is -2.22. The van der Waals surface area contributed by atoms with Gasteiger partial charge >= 0.3 is 0 Å². The van der Waals surface area contributed by atoms with E-state index in [1.165, 1.54) is 16.7 Å². The van der Waals surface area contributed by atoms with Gasteiger partial charge in [0.05, 0.1) is 6.61 Å². The first kappa shape index (κ1) is 13.9. The minimum Gasteiger partial charge on any atom is -0.493 e. The number of rotatable bonds is 2. The Hall–Kier alpha value is -1.09. The van der Waals surface area contributed by atoms with E-state index in [0.29, 0.717) is 6.42 Å². The molecule has 2 aliphatic rings. The normalized spacial score (nSPS) is 20.4. The van der Waals surface area contributed by atoms with Gasteiger partial charge in [-0.3, -0.25) is 4.79 Å². The van der Waals surface area contributed by atoms with Gasteiger partial charge in [-0.15, -0.1) is 0 Å². The van der Waals surface area contributed by atoms with Crippen LogP contribution in [0.15, 0.2) is 28.3 Å². The highest BCUT2D eigenvalue weighted by Crippen LogP contribution is 2.38. The minimum atomic E-state index is 0.0806. The fourth-order valence-electron chi connectivity index (χ4n) is 3.31. The van der Waals surface area contributed by atoms with E-state index in [-0.39, 0.29) is 11.2 Å². The van der Waals surface area contributed by atoms with Crippen molar-refractivity contribution in [1.29, 1.82) is 0 Å². The van der Waals surface area contributed by atoms with Crippen LogP contribution < -0.4 is 4.74 Å². The molecular weight excluding hydrogens is 316 g/mol. The maximum Gasteiger partial charge on any atom is 0.156 e. The number of fused-ring (bicyclic) bond motifs is 1. The van der Waals surface area contributed by atoms with Crippen molar-refractivity contribution in [3.8, 4) is 5.75 Å². The van der Waals surface area contributed by atoms with E-state index < -0.39 is 0 Å². The Morgan fingerprint density at radius 2 is 2.10 bits per heavy atom. The van der Waals surface area contributed by atoms with Crippen LogP contribution in [0.5, 0.6) is 5.75 Å². The molecule has 1 heterocycles. The van der Waals surface area contributed by atoms with Crippen LogP contribution >= 0.6 is 15.9 Å². The summed E-state index contributed by atoms with van der Waals surface area (Å²) in [6.45, 7) is 5.10. The van der Waals surface area contributed by atoms with Crippen LogP contribution in [0.2, 0.25) is 0 Å². The van der Waals surface area contributed by atoms with Crippen molar-refractivity contribution >= 4 is 21.7 Å². The lowest BCUT2D eigenvalue weighted by Gasteiger charge is -2.29. The zero-order valence-corrected chi connectivity index (χ0v) is 13.5. The van der Waals surface area contributed by atoms with Crippen molar-refractivity contribution < 1.29 is 9.53 Å². The molecule has 3 rings (SSSR count). The molecule has 0 N–H and O–H groups in total. The van der Waals surface area contributed by atoms with Gasteiger partial charge in [-0.1, -0.05) is 35.4 Å². The number of halogens is 1. The van der Waals surface area contributed by atoms with Crippen LogP contribution in [-0.2, 0) is 17.6 Å². The second-order valence-electron chi connectivity index (χ2n) is 6.62. The van der Waals surface area contributed by atoms with E-state index in [9.17, 15) is 4.79 Å². The number of ether oxygens (including phenoxy) is 1. The van der Waals surface area contributed by atoms with Gasteiger partial charge in [0.2, 0.25) is 0 Å². The molecule has 0 atom stereocenters. The molecule has 0 unspecified atom stereocenters. The number of allylic oxidation sites excluding steroid dienone is 2. The molecule has 1 aromatic carbocycles. The number of ketones is 1. The summed E-state index contributed by atoms with van der Waals surface area (Å²) in [5.41, 5.74) is 3.78. The second kappa shape index (κ2) is 5.03. The van der Waals surface area contributed by atoms with E-state index in [1.807, 2.05) is 6.08 Å². The fraction of sp³-hybridized carbons (Fsp3) is 0.471. The smallest absolute Gasteiger partial charge is 0.156 e. The summed E-state index contributed by atoms with van der Waals surface area (Å²) in [5, 5.41) is 0. The Bertz CT molecular complexity index is 599. The number of carbonyl (C=O) groups excluding carboxylic acids is 1. The lowest BCUT2D eigenvalue weighted by molar-refractivity contribution is -0.117. The molecular formula is C17H19BrO2. The number of hydrogen-bond donors (Lipinski definition) is 0. The predicted molar refractivity (Wildman–Crippen MR) is 83.2 cm³/mol. The molecule has 0 bridgehead atoms. The van der Waals surface area contributed by atoms with Crippen molar-refractivity contribution in [2.24, 2.45) is 5.41 Å². The van der Waals surface area contributed by atoms with Crippen molar-refractivity contribution in [2.75, 3.05) is 6.61 Å².